The van der Waals surface area contributed by atoms with Gasteiger partial charge in [0.2, 0.25) is 0 Å². The molecule has 1 heterocycles. The van der Waals surface area contributed by atoms with Crippen LogP contribution in [0.1, 0.15) is 39.0 Å². The van der Waals surface area contributed by atoms with Crippen molar-refractivity contribution in [1.29, 1.82) is 0 Å². The molecule has 106 valence electrons. The van der Waals surface area contributed by atoms with Gasteiger partial charge in [0, 0.05) is 25.7 Å². The van der Waals surface area contributed by atoms with E-state index in [0.717, 1.165) is 39.0 Å². The number of carbonyl (C=O) groups is 1. The van der Waals surface area contributed by atoms with Gasteiger partial charge in [-0.2, -0.15) is 0 Å². The maximum Gasteiger partial charge on any atom is 0.303 e. The molecule has 0 aromatic rings. The Morgan fingerprint density at radius 2 is 2.44 bits per heavy atom. The molecule has 0 aromatic carbocycles. The van der Waals surface area contributed by atoms with Gasteiger partial charge in [-0.3, -0.25) is 4.79 Å². The first-order valence-electron chi connectivity index (χ1n) is 6.83. The number of ether oxygens (including phenoxy) is 2. The zero-order valence-electron chi connectivity index (χ0n) is 11.2. The lowest BCUT2D eigenvalue weighted by molar-refractivity contribution is -0.137. The fourth-order valence-electron chi connectivity index (χ4n) is 1.96. The number of hydrogen-bond donors (Lipinski definition) is 2. The van der Waals surface area contributed by atoms with Crippen LogP contribution in [0.3, 0.4) is 0 Å². The summed E-state index contributed by atoms with van der Waals surface area (Å²) >= 11 is 0. The Morgan fingerprint density at radius 3 is 3.11 bits per heavy atom. The molecule has 18 heavy (non-hydrogen) atoms. The van der Waals surface area contributed by atoms with Gasteiger partial charge >= 0.3 is 5.97 Å². The molecule has 5 nitrogen and oxygen atoms in total. The molecule has 0 bridgehead atoms. The van der Waals surface area contributed by atoms with Crippen LogP contribution in [0.5, 0.6) is 0 Å². The minimum atomic E-state index is -0.733. The van der Waals surface area contributed by atoms with Gasteiger partial charge in [0.25, 0.3) is 0 Å². The van der Waals surface area contributed by atoms with Gasteiger partial charge in [-0.1, -0.05) is 0 Å². The largest absolute Gasteiger partial charge is 0.481 e. The number of carboxylic acids is 1. The van der Waals surface area contributed by atoms with Crippen molar-refractivity contribution in [3.63, 3.8) is 0 Å². The maximum atomic E-state index is 10.4. The van der Waals surface area contributed by atoms with Crippen molar-refractivity contribution in [2.75, 3.05) is 26.4 Å². The summed E-state index contributed by atoms with van der Waals surface area (Å²) in [6.07, 6.45) is 4.41. The summed E-state index contributed by atoms with van der Waals surface area (Å²) in [5, 5.41) is 11.8. The molecule has 1 fully saturated rings. The highest BCUT2D eigenvalue weighted by Gasteiger charge is 2.14. The molecule has 0 radical (unpaired) electrons. The van der Waals surface area contributed by atoms with Gasteiger partial charge in [0.15, 0.2) is 0 Å². The van der Waals surface area contributed by atoms with E-state index in [9.17, 15) is 4.79 Å². The van der Waals surface area contributed by atoms with Gasteiger partial charge in [-0.15, -0.1) is 0 Å². The fraction of sp³-hybridized carbons (Fsp3) is 0.923. The molecule has 0 amide bonds. The smallest absolute Gasteiger partial charge is 0.303 e. The molecular formula is C13H25NO4. The summed E-state index contributed by atoms with van der Waals surface area (Å²) in [6.45, 7) is 5.19. The lowest BCUT2D eigenvalue weighted by atomic mass is 10.2. The number of hydrogen-bond acceptors (Lipinski definition) is 4. The van der Waals surface area contributed by atoms with Gasteiger partial charge in [-0.25, -0.2) is 0 Å². The Bertz CT molecular complexity index is 229. The Kier molecular flexibility index (Phi) is 7.96. The quantitative estimate of drug-likeness (QED) is 0.581. The maximum absolute atomic E-state index is 10.4. The number of aliphatic carboxylic acids is 1. The molecule has 1 saturated heterocycles. The van der Waals surface area contributed by atoms with E-state index >= 15 is 0 Å². The monoisotopic (exact) mass is 259 g/mol. The van der Waals surface area contributed by atoms with E-state index in [2.05, 4.69) is 5.32 Å². The summed E-state index contributed by atoms with van der Waals surface area (Å²) in [4.78, 5) is 10.4. The average Bonchev–Trinajstić information content (AvgIpc) is 2.84. The second-order valence-corrected chi connectivity index (χ2v) is 4.85. The number of carboxylic acid groups (broad SMARTS) is 1. The van der Waals surface area contributed by atoms with Gasteiger partial charge in [0.1, 0.15) is 0 Å². The molecule has 0 saturated carbocycles. The molecule has 1 aliphatic rings. The number of rotatable bonds is 10. The minimum Gasteiger partial charge on any atom is -0.481 e. The predicted molar refractivity (Wildman–Crippen MR) is 68.7 cm³/mol. The van der Waals surface area contributed by atoms with Crippen molar-refractivity contribution in [2.24, 2.45) is 0 Å². The van der Waals surface area contributed by atoms with E-state index in [-0.39, 0.29) is 12.5 Å². The third-order valence-corrected chi connectivity index (χ3v) is 3.08. The van der Waals surface area contributed by atoms with Crippen LogP contribution >= 0.6 is 0 Å². The molecule has 0 spiro atoms. The highest BCUT2D eigenvalue weighted by molar-refractivity contribution is 5.66. The highest BCUT2D eigenvalue weighted by atomic mass is 16.5. The van der Waals surface area contributed by atoms with E-state index in [4.69, 9.17) is 14.6 Å². The topological polar surface area (TPSA) is 67.8 Å². The van der Waals surface area contributed by atoms with E-state index in [1.54, 1.807) is 0 Å². The Balaban J connectivity index is 1.84. The van der Waals surface area contributed by atoms with E-state index in [1.807, 2.05) is 6.92 Å². The Hall–Kier alpha value is -0.650. The third kappa shape index (κ3) is 7.63. The zero-order chi connectivity index (χ0) is 13.2. The fourth-order valence-corrected chi connectivity index (χ4v) is 1.96. The zero-order valence-corrected chi connectivity index (χ0v) is 11.2. The number of nitrogens with one attached hydrogen (secondary N) is 1. The van der Waals surface area contributed by atoms with Crippen molar-refractivity contribution < 1.29 is 19.4 Å². The van der Waals surface area contributed by atoms with Crippen LogP contribution in [-0.2, 0) is 14.3 Å². The first kappa shape index (κ1) is 15.4. The van der Waals surface area contributed by atoms with Crippen LogP contribution in [0, 0.1) is 0 Å². The lowest BCUT2D eigenvalue weighted by Crippen LogP contribution is -2.28. The van der Waals surface area contributed by atoms with E-state index < -0.39 is 5.97 Å². The van der Waals surface area contributed by atoms with Crippen molar-refractivity contribution >= 4 is 5.97 Å². The lowest BCUT2D eigenvalue weighted by Gasteiger charge is -2.13. The third-order valence-electron chi connectivity index (χ3n) is 3.08. The minimum absolute atomic E-state index is 0.226. The molecular weight excluding hydrogens is 234 g/mol. The summed E-state index contributed by atoms with van der Waals surface area (Å²) in [7, 11) is 0. The molecule has 0 aliphatic carbocycles. The summed E-state index contributed by atoms with van der Waals surface area (Å²) in [5.41, 5.74) is 0. The second kappa shape index (κ2) is 9.30. The molecule has 5 heteroatoms. The standard InChI is InChI=1S/C13H25NO4/c1-11(5-6-13(15)16)14-7-3-8-17-10-12-4-2-9-18-12/h11-12,14H,2-10H2,1H3,(H,15,16). The molecule has 1 aliphatic heterocycles. The van der Waals surface area contributed by atoms with Crippen molar-refractivity contribution in [2.45, 2.75) is 51.2 Å². The summed E-state index contributed by atoms with van der Waals surface area (Å²) in [5.74, 6) is -0.733. The summed E-state index contributed by atoms with van der Waals surface area (Å²) < 4.78 is 11.0. The molecule has 2 atom stereocenters. The molecule has 1 rings (SSSR count). The van der Waals surface area contributed by atoms with Crippen molar-refractivity contribution in [3.8, 4) is 0 Å². The van der Waals surface area contributed by atoms with Crippen molar-refractivity contribution in [3.05, 3.63) is 0 Å². The van der Waals surface area contributed by atoms with Gasteiger partial charge < -0.3 is 19.9 Å². The summed E-state index contributed by atoms with van der Waals surface area (Å²) in [6, 6.07) is 0.249. The normalized spacial score (nSPS) is 21.1. The molecule has 2 N–H and O–H groups in total. The average molecular weight is 259 g/mol. The van der Waals surface area contributed by atoms with Crippen LogP contribution in [0.15, 0.2) is 0 Å². The molecule has 0 aromatic heterocycles. The first-order valence-corrected chi connectivity index (χ1v) is 6.83. The Labute approximate surface area is 109 Å². The SMILES string of the molecule is CC(CCC(=O)O)NCCCOCC1CCCO1. The van der Waals surface area contributed by atoms with Crippen molar-refractivity contribution in [1.82, 2.24) is 5.32 Å². The van der Waals surface area contributed by atoms with Crippen LogP contribution < -0.4 is 5.32 Å². The first-order chi connectivity index (χ1) is 8.68. The van der Waals surface area contributed by atoms with E-state index in [1.165, 1.54) is 0 Å². The predicted octanol–water partition coefficient (Wildman–Crippen LogP) is 1.41. The second-order valence-electron chi connectivity index (χ2n) is 4.85. The van der Waals surface area contributed by atoms with Gasteiger partial charge in [0.05, 0.1) is 12.7 Å². The van der Waals surface area contributed by atoms with Crippen LogP contribution in [0.4, 0.5) is 0 Å². The van der Waals surface area contributed by atoms with Gasteiger partial charge in [-0.05, 0) is 39.2 Å². The van der Waals surface area contributed by atoms with Crippen LogP contribution in [0.2, 0.25) is 0 Å². The Morgan fingerprint density at radius 1 is 1.61 bits per heavy atom. The van der Waals surface area contributed by atoms with Crippen LogP contribution in [0.25, 0.3) is 0 Å². The van der Waals surface area contributed by atoms with E-state index in [0.29, 0.717) is 19.1 Å². The van der Waals surface area contributed by atoms with Crippen LogP contribution in [-0.4, -0.2) is 49.6 Å². The molecule has 2 unspecified atom stereocenters. The highest BCUT2D eigenvalue weighted by Crippen LogP contribution is 2.11.